The van der Waals surface area contributed by atoms with Gasteiger partial charge in [-0.3, -0.25) is 4.79 Å². The van der Waals surface area contributed by atoms with Crippen molar-refractivity contribution in [3.8, 4) is 23.0 Å². The molecule has 2 amide bonds. The van der Waals surface area contributed by atoms with Crippen LogP contribution in [-0.2, 0) is 36.6 Å². The second kappa shape index (κ2) is 12.6. The molecule has 0 saturated heterocycles. The topological polar surface area (TPSA) is 141 Å². The lowest BCUT2D eigenvalue weighted by molar-refractivity contribution is -0.123. The molecule has 0 bridgehead atoms. The first-order valence-electron chi connectivity index (χ1n) is 15.0. The molecule has 1 unspecified atom stereocenters. The summed E-state index contributed by atoms with van der Waals surface area (Å²) in [6.45, 7) is 7.51. The highest BCUT2D eigenvalue weighted by Gasteiger charge is 2.46. The Morgan fingerprint density at radius 1 is 1.00 bits per heavy atom. The van der Waals surface area contributed by atoms with Gasteiger partial charge in [0.25, 0.3) is 5.92 Å². The van der Waals surface area contributed by atoms with E-state index in [4.69, 9.17) is 13.9 Å². The Morgan fingerprint density at radius 2 is 1.65 bits per heavy atom. The molecule has 0 aliphatic carbocycles. The van der Waals surface area contributed by atoms with Gasteiger partial charge in [-0.1, -0.05) is 36.4 Å². The van der Waals surface area contributed by atoms with Crippen molar-refractivity contribution >= 4 is 27.5 Å². The molecule has 0 saturated carbocycles. The van der Waals surface area contributed by atoms with Crippen LogP contribution >= 0.6 is 0 Å². The van der Waals surface area contributed by atoms with Gasteiger partial charge in [0.05, 0.1) is 12.2 Å². The van der Waals surface area contributed by atoms with E-state index in [1.54, 1.807) is 57.2 Å². The Morgan fingerprint density at radius 3 is 2.27 bits per heavy atom. The maximum atomic E-state index is 16.0. The summed E-state index contributed by atoms with van der Waals surface area (Å²) in [6.07, 6.45) is -1.00. The molecular formula is C34H36F2N4O7S. The van der Waals surface area contributed by atoms with Gasteiger partial charge in [-0.25, -0.2) is 22.0 Å². The molecule has 11 nitrogen and oxygen atoms in total. The van der Waals surface area contributed by atoms with E-state index in [-0.39, 0.29) is 29.6 Å². The first kappa shape index (κ1) is 34.5. The molecule has 1 N–H and O–H groups in total. The van der Waals surface area contributed by atoms with Crippen LogP contribution in [-0.4, -0.2) is 48.5 Å². The van der Waals surface area contributed by atoms with E-state index in [9.17, 15) is 18.0 Å². The summed E-state index contributed by atoms with van der Waals surface area (Å²) >= 11 is 0. The van der Waals surface area contributed by atoms with E-state index in [1.165, 1.54) is 26.0 Å². The second-order valence-corrected chi connectivity index (χ2v) is 15.6. The maximum Gasteiger partial charge on any atom is 0.408 e. The predicted molar refractivity (Wildman–Crippen MR) is 173 cm³/mol. The molecule has 5 rings (SSSR count). The Bertz CT molecular complexity index is 1920. The molecule has 254 valence electrons. The van der Waals surface area contributed by atoms with Crippen LogP contribution in [0.1, 0.15) is 58.1 Å². The zero-order valence-electron chi connectivity index (χ0n) is 27.3. The number of rotatable bonds is 8. The largest absolute Gasteiger partial charge is 0.457 e. The highest BCUT2D eigenvalue weighted by Crippen LogP contribution is 2.44. The third kappa shape index (κ3) is 7.48. The van der Waals surface area contributed by atoms with E-state index in [0.717, 1.165) is 17.2 Å². The van der Waals surface area contributed by atoms with Crippen molar-refractivity contribution in [2.75, 3.05) is 11.2 Å². The number of halogens is 2. The molecule has 2 heterocycles. The summed E-state index contributed by atoms with van der Waals surface area (Å²) in [4.78, 5) is 27.9. The summed E-state index contributed by atoms with van der Waals surface area (Å²) in [6, 6.07) is 18.1. The van der Waals surface area contributed by atoms with Crippen molar-refractivity contribution in [2.24, 2.45) is 0 Å². The fourth-order valence-electron chi connectivity index (χ4n) is 4.90. The number of nitrogens with zero attached hydrogens (tertiary/aromatic N) is 3. The van der Waals surface area contributed by atoms with E-state index >= 15 is 8.78 Å². The zero-order valence-corrected chi connectivity index (χ0v) is 28.1. The number of ether oxygens (including phenoxy) is 2. The van der Waals surface area contributed by atoms with Crippen LogP contribution in [0.2, 0.25) is 0 Å². The van der Waals surface area contributed by atoms with Crippen molar-refractivity contribution in [2.45, 2.75) is 69.9 Å². The van der Waals surface area contributed by atoms with Gasteiger partial charge in [0.2, 0.25) is 17.7 Å². The number of hydrogen-bond acceptors (Lipinski definition) is 9. The van der Waals surface area contributed by atoms with E-state index in [0.29, 0.717) is 17.1 Å². The van der Waals surface area contributed by atoms with Crippen LogP contribution in [0.4, 0.5) is 19.3 Å². The Kier molecular flexibility index (Phi) is 9.08. The summed E-state index contributed by atoms with van der Waals surface area (Å²) in [5.41, 5.74) is -0.793. The number of alkyl halides is 2. The first-order chi connectivity index (χ1) is 22.3. The van der Waals surface area contributed by atoms with E-state index < -0.39 is 56.1 Å². The number of alkyl carbamates (subject to hydrolysis) is 1. The number of sulfone groups is 1. The molecule has 0 fully saturated rings. The van der Waals surface area contributed by atoms with Gasteiger partial charge < -0.3 is 24.1 Å². The molecule has 1 aliphatic heterocycles. The molecule has 1 atom stereocenters. The van der Waals surface area contributed by atoms with Crippen LogP contribution in [0, 0.1) is 0 Å². The monoisotopic (exact) mass is 682 g/mol. The maximum absolute atomic E-state index is 16.0. The number of carbonyl (C=O) groups excluding carboxylic acids is 2. The van der Waals surface area contributed by atoms with E-state index in [1.807, 2.05) is 18.2 Å². The third-order valence-electron chi connectivity index (χ3n) is 7.76. The molecule has 1 aliphatic rings. The number of para-hydroxylation sites is 1. The number of amides is 2. The second-order valence-electron chi connectivity index (χ2n) is 13.0. The van der Waals surface area contributed by atoms with Gasteiger partial charge in [-0.05, 0) is 76.6 Å². The highest BCUT2D eigenvalue weighted by molar-refractivity contribution is 7.91. The fraction of sp³-hybridized carbons (Fsp3) is 0.353. The number of carbonyl (C=O) groups is 2. The van der Waals surface area contributed by atoms with E-state index in [2.05, 4.69) is 15.5 Å². The normalized spacial score (nSPS) is 16.5. The fourth-order valence-corrected chi connectivity index (χ4v) is 5.29. The average molecular weight is 683 g/mol. The van der Waals surface area contributed by atoms with Gasteiger partial charge >= 0.3 is 6.09 Å². The number of anilines is 1. The minimum absolute atomic E-state index is 0.129. The minimum Gasteiger partial charge on any atom is -0.457 e. The van der Waals surface area contributed by atoms with Crippen LogP contribution in [0.5, 0.6) is 11.5 Å². The molecule has 14 heteroatoms. The van der Waals surface area contributed by atoms with Crippen molar-refractivity contribution in [3.63, 3.8) is 0 Å². The van der Waals surface area contributed by atoms with Crippen molar-refractivity contribution in [1.29, 1.82) is 0 Å². The lowest BCUT2D eigenvalue weighted by atomic mass is 9.99. The zero-order chi connectivity index (χ0) is 35.1. The van der Waals surface area contributed by atoms with Crippen molar-refractivity contribution < 1.29 is 40.7 Å². The Hall–Kier alpha value is -4.85. The average Bonchev–Trinajstić information content (AvgIpc) is 3.48. The minimum atomic E-state index is -3.66. The Balaban J connectivity index is 1.54. The molecule has 0 spiro atoms. The van der Waals surface area contributed by atoms with Gasteiger partial charge in [0.1, 0.15) is 27.9 Å². The van der Waals surface area contributed by atoms with Gasteiger partial charge in [-0.2, -0.15) is 0 Å². The van der Waals surface area contributed by atoms with Crippen molar-refractivity contribution in [1.82, 2.24) is 15.5 Å². The SMILES string of the molecule is CC(C)(C)OC(=O)NC1CC(F)(F)c2ccc(-c3nnc(C(C)(C)S(C)(=O)=O)o3)cc2N(Cc2ccc(Oc3ccccc3)cc2)C1=O. The van der Waals surface area contributed by atoms with Crippen LogP contribution in [0.25, 0.3) is 11.5 Å². The quantitative estimate of drug-likeness (QED) is 0.214. The number of fused-ring (bicyclic) bond motifs is 1. The molecular weight excluding hydrogens is 646 g/mol. The number of hydrogen-bond donors (Lipinski definition) is 1. The highest BCUT2D eigenvalue weighted by atomic mass is 32.2. The smallest absolute Gasteiger partial charge is 0.408 e. The molecule has 48 heavy (non-hydrogen) atoms. The molecule has 0 radical (unpaired) electrons. The molecule has 4 aromatic rings. The first-order valence-corrected chi connectivity index (χ1v) is 16.9. The molecule has 3 aromatic carbocycles. The van der Waals surface area contributed by atoms with Gasteiger partial charge in [0.15, 0.2) is 9.84 Å². The van der Waals surface area contributed by atoms with Crippen LogP contribution < -0.4 is 15.0 Å². The van der Waals surface area contributed by atoms with Gasteiger partial charge in [-0.15, -0.1) is 10.2 Å². The predicted octanol–water partition coefficient (Wildman–Crippen LogP) is 6.73. The van der Waals surface area contributed by atoms with Crippen LogP contribution in [0.15, 0.2) is 77.2 Å². The summed E-state index contributed by atoms with van der Waals surface area (Å²) in [7, 11) is -3.66. The summed E-state index contributed by atoms with van der Waals surface area (Å²) in [5, 5.41) is 10.2. The number of nitrogens with one attached hydrogen (secondary N) is 1. The lowest BCUT2D eigenvalue weighted by Crippen LogP contribution is -2.49. The van der Waals surface area contributed by atoms with Crippen LogP contribution in [0.3, 0.4) is 0 Å². The summed E-state index contributed by atoms with van der Waals surface area (Å²) in [5.74, 6) is -3.54. The standard InChI is InChI=1S/C34H36F2N4O7S/c1-32(2,3)47-31(42)37-26-19-34(35,36)25-17-14-22(28-38-39-30(46-28)33(4,5)48(6,43)44)18-27(25)40(29(26)41)20-21-12-15-24(16-13-21)45-23-10-8-7-9-11-23/h7-18,26H,19-20H2,1-6H3,(H,37,42). The number of aromatic nitrogens is 2. The third-order valence-corrected chi connectivity index (χ3v) is 9.78. The lowest BCUT2D eigenvalue weighted by Gasteiger charge is -2.27. The van der Waals surface area contributed by atoms with Crippen molar-refractivity contribution in [3.05, 3.63) is 89.8 Å². The van der Waals surface area contributed by atoms with Gasteiger partial charge in [0, 0.05) is 23.8 Å². The number of benzene rings is 3. The Labute approximate surface area is 277 Å². The summed E-state index contributed by atoms with van der Waals surface area (Å²) < 4.78 is 71.9. The molecule has 1 aromatic heterocycles.